The van der Waals surface area contributed by atoms with E-state index < -0.39 is 23.4 Å². The van der Waals surface area contributed by atoms with Crippen molar-refractivity contribution in [1.29, 1.82) is 0 Å². The minimum Gasteiger partial charge on any atom is -0.481 e. The fourth-order valence-corrected chi connectivity index (χ4v) is 3.44. The number of esters is 1. The van der Waals surface area contributed by atoms with Crippen LogP contribution >= 0.6 is 12.2 Å². The second kappa shape index (κ2) is 14.2. The van der Waals surface area contributed by atoms with Crippen LogP contribution in [0.5, 0.6) is 5.75 Å². The van der Waals surface area contributed by atoms with Crippen LogP contribution in [-0.2, 0) is 16.1 Å². The van der Waals surface area contributed by atoms with Crippen molar-refractivity contribution in [1.82, 2.24) is 5.01 Å². The van der Waals surface area contributed by atoms with E-state index in [9.17, 15) is 19.3 Å². The molecule has 2 rings (SSSR count). The van der Waals surface area contributed by atoms with Gasteiger partial charge in [0.1, 0.15) is 18.1 Å². The highest BCUT2D eigenvalue weighted by molar-refractivity contribution is 7.80. The predicted molar refractivity (Wildman–Crippen MR) is 127 cm³/mol. The summed E-state index contributed by atoms with van der Waals surface area (Å²) in [4.78, 5) is 23.5. The topological polar surface area (TPSA) is 81.9 Å². The van der Waals surface area contributed by atoms with Crippen LogP contribution in [0.1, 0.15) is 56.6 Å². The third kappa shape index (κ3) is 9.13. The molecule has 0 aliphatic carbocycles. The molecule has 2 aromatic rings. The van der Waals surface area contributed by atoms with Crippen LogP contribution in [0.3, 0.4) is 0 Å². The Hall–Kier alpha value is -3.07. The summed E-state index contributed by atoms with van der Waals surface area (Å²) < 4.78 is 24.4. The summed E-state index contributed by atoms with van der Waals surface area (Å²) >= 11 is 5.32. The quantitative estimate of drug-likeness (QED) is 0.117. The number of nitrogens with zero attached hydrogens (tertiary/aromatic N) is 2. The number of nitro groups is 1. The molecule has 0 radical (unpaired) electrons. The first-order valence-corrected chi connectivity index (χ1v) is 11.4. The largest absolute Gasteiger partial charge is 0.481 e. The fourth-order valence-electron chi connectivity index (χ4n) is 3.14. The molecule has 33 heavy (non-hydrogen) atoms. The van der Waals surface area contributed by atoms with Crippen molar-refractivity contribution in [2.75, 3.05) is 13.2 Å². The number of rotatable bonds is 14. The number of carbonyl (C=O) groups is 1. The van der Waals surface area contributed by atoms with Gasteiger partial charge in [0.15, 0.2) is 16.6 Å². The molecule has 0 bridgehead atoms. The first kappa shape index (κ1) is 26.2. The third-order valence-corrected chi connectivity index (χ3v) is 5.32. The van der Waals surface area contributed by atoms with E-state index in [0.29, 0.717) is 5.56 Å². The zero-order valence-electron chi connectivity index (χ0n) is 18.7. The highest BCUT2D eigenvalue weighted by Gasteiger charge is 2.25. The van der Waals surface area contributed by atoms with Crippen LogP contribution in [0.2, 0.25) is 0 Å². The molecule has 0 aliphatic rings. The van der Waals surface area contributed by atoms with Gasteiger partial charge >= 0.3 is 5.97 Å². The van der Waals surface area contributed by atoms with E-state index in [1.807, 2.05) is 0 Å². The molecule has 0 spiro atoms. The summed E-state index contributed by atoms with van der Waals surface area (Å²) in [5.74, 6) is -1.27. The molecule has 0 unspecified atom stereocenters. The number of thiocarbonyl (C=S) groups is 1. The molecule has 178 valence electrons. The SMILES string of the molecule is CCCCCCCCOC(=O)COc1cc(F)ccc1C(=S)N(Cc1ccccc1)[N+](=O)[O-]. The Balaban J connectivity index is 1.97. The molecule has 0 atom stereocenters. The summed E-state index contributed by atoms with van der Waals surface area (Å²) in [7, 11) is 0. The maximum Gasteiger partial charge on any atom is 0.344 e. The van der Waals surface area contributed by atoms with Crippen molar-refractivity contribution in [3.8, 4) is 5.75 Å². The molecular weight excluding hydrogens is 447 g/mol. The summed E-state index contributed by atoms with van der Waals surface area (Å²) in [6.07, 6.45) is 6.38. The molecular formula is C24H29FN2O5S. The van der Waals surface area contributed by atoms with Crippen LogP contribution in [-0.4, -0.2) is 34.2 Å². The first-order chi connectivity index (χ1) is 15.9. The number of hydrogen-bond donors (Lipinski definition) is 0. The molecule has 0 fully saturated rings. The van der Waals surface area contributed by atoms with Crippen LogP contribution < -0.4 is 4.74 Å². The van der Waals surface area contributed by atoms with E-state index >= 15 is 0 Å². The molecule has 0 saturated heterocycles. The number of unbranched alkanes of at least 4 members (excludes halogenated alkanes) is 5. The number of hydrazine groups is 1. The van der Waals surface area contributed by atoms with Crippen LogP contribution in [0.15, 0.2) is 48.5 Å². The second-order valence-electron chi connectivity index (χ2n) is 7.50. The smallest absolute Gasteiger partial charge is 0.344 e. The fraction of sp³-hybridized carbons (Fsp3) is 0.417. The monoisotopic (exact) mass is 476 g/mol. The van der Waals surface area contributed by atoms with Crippen molar-refractivity contribution in [3.05, 3.63) is 75.6 Å². The Bertz CT molecular complexity index is 926. The summed E-state index contributed by atoms with van der Waals surface area (Å²) in [5, 5.41) is 11.8. The standard InChI is InChI=1S/C24H29FN2O5S/c1-2-3-4-5-6-10-15-31-23(28)18-32-22-16-20(25)13-14-21(22)24(33)26(27(29)30)17-19-11-8-7-9-12-19/h7-9,11-14,16H,2-6,10,15,17-18H2,1H3. The lowest BCUT2D eigenvalue weighted by molar-refractivity contribution is -0.631. The van der Waals surface area contributed by atoms with Crippen molar-refractivity contribution >= 4 is 23.2 Å². The lowest BCUT2D eigenvalue weighted by Crippen LogP contribution is -2.35. The number of benzene rings is 2. The summed E-state index contributed by atoms with van der Waals surface area (Å²) in [6, 6.07) is 12.3. The Morgan fingerprint density at radius 3 is 2.48 bits per heavy atom. The number of carbonyl (C=O) groups excluding carboxylic acids is 1. The van der Waals surface area contributed by atoms with Gasteiger partial charge in [-0.2, -0.15) is 0 Å². The van der Waals surface area contributed by atoms with Crippen molar-refractivity contribution in [3.63, 3.8) is 0 Å². The second-order valence-corrected chi connectivity index (χ2v) is 7.89. The number of halogens is 1. The Labute approximate surface area is 198 Å². The molecule has 0 amide bonds. The zero-order chi connectivity index (χ0) is 24.1. The molecule has 0 heterocycles. The minimum absolute atomic E-state index is 0.0589. The Kier molecular flexibility index (Phi) is 11.2. The maximum absolute atomic E-state index is 13.8. The van der Waals surface area contributed by atoms with Crippen LogP contribution in [0, 0.1) is 15.9 Å². The minimum atomic E-state index is -0.628. The normalized spacial score (nSPS) is 10.5. The molecule has 2 aromatic carbocycles. The van der Waals surface area contributed by atoms with E-state index in [-0.39, 0.29) is 29.5 Å². The van der Waals surface area contributed by atoms with Gasteiger partial charge in [0.2, 0.25) is 0 Å². The van der Waals surface area contributed by atoms with E-state index in [2.05, 4.69) is 6.92 Å². The third-order valence-electron chi connectivity index (χ3n) is 4.89. The van der Waals surface area contributed by atoms with Gasteiger partial charge in [-0.25, -0.2) is 19.3 Å². The molecule has 9 heteroatoms. The van der Waals surface area contributed by atoms with Crippen molar-refractivity contribution in [2.24, 2.45) is 0 Å². The highest BCUT2D eigenvalue weighted by atomic mass is 32.1. The lowest BCUT2D eigenvalue weighted by Gasteiger charge is -2.18. The van der Waals surface area contributed by atoms with E-state index in [1.54, 1.807) is 30.3 Å². The van der Waals surface area contributed by atoms with E-state index in [0.717, 1.165) is 36.4 Å². The van der Waals surface area contributed by atoms with Crippen LogP contribution in [0.4, 0.5) is 4.39 Å². The van der Waals surface area contributed by atoms with Gasteiger partial charge in [0.05, 0.1) is 12.2 Å². The molecule has 0 aromatic heterocycles. The van der Waals surface area contributed by atoms with E-state index in [4.69, 9.17) is 21.7 Å². The number of hydrogen-bond acceptors (Lipinski definition) is 6. The van der Waals surface area contributed by atoms with Gasteiger partial charge in [-0.05, 0) is 24.1 Å². The first-order valence-electron chi connectivity index (χ1n) is 11.0. The van der Waals surface area contributed by atoms with Gasteiger partial charge in [0.25, 0.3) is 0 Å². The lowest BCUT2D eigenvalue weighted by atomic mass is 10.1. The van der Waals surface area contributed by atoms with Gasteiger partial charge in [-0.15, -0.1) is 0 Å². The van der Waals surface area contributed by atoms with Gasteiger partial charge < -0.3 is 9.47 Å². The molecule has 7 nitrogen and oxygen atoms in total. The van der Waals surface area contributed by atoms with Crippen molar-refractivity contribution < 1.29 is 23.7 Å². The van der Waals surface area contributed by atoms with Gasteiger partial charge in [-0.3, -0.25) is 0 Å². The van der Waals surface area contributed by atoms with E-state index in [1.165, 1.54) is 25.3 Å². The number of ether oxygens (including phenoxy) is 2. The summed E-state index contributed by atoms with van der Waals surface area (Å²) in [5.41, 5.74) is 0.821. The zero-order valence-corrected chi connectivity index (χ0v) is 19.5. The molecule has 0 N–H and O–H groups in total. The van der Waals surface area contributed by atoms with Crippen LogP contribution in [0.25, 0.3) is 0 Å². The van der Waals surface area contributed by atoms with Gasteiger partial charge in [-0.1, -0.05) is 86.6 Å². The predicted octanol–water partition coefficient (Wildman–Crippen LogP) is 5.48. The van der Waals surface area contributed by atoms with Gasteiger partial charge in [0, 0.05) is 6.07 Å². The Morgan fingerprint density at radius 2 is 1.79 bits per heavy atom. The average Bonchev–Trinajstić information content (AvgIpc) is 2.80. The Morgan fingerprint density at radius 1 is 1.09 bits per heavy atom. The molecule has 0 saturated carbocycles. The van der Waals surface area contributed by atoms with Crippen molar-refractivity contribution in [2.45, 2.75) is 52.0 Å². The highest BCUT2D eigenvalue weighted by Crippen LogP contribution is 2.24. The average molecular weight is 477 g/mol. The molecule has 0 aliphatic heterocycles. The summed E-state index contributed by atoms with van der Waals surface area (Å²) in [6.45, 7) is 1.90. The maximum atomic E-state index is 13.8.